The molecule has 0 aromatic heterocycles. The highest BCUT2D eigenvalue weighted by Crippen LogP contribution is 2.20. The minimum absolute atomic E-state index is 0. The molecule has 0 heterocycles. The lowest BCUT2D eigenvalue weighted by atomic mass is 10.3. The Hall–Kier alpha value is -0.510. The van der Waals surface area contributed by atoms with Crippen LogP contribution in [0.1, 0.15) is 0 Å². The third-order valence-corrected chi connectivity index (χ3v) is 1.41. The number of hydrogen-bond donors (Lipinski definition) is 2. The number of benzene rings is 1. The summed E-state index contributed by atoms with van der Waals surface area (Å²) in [5.41, 5.74) is 2.65. The lowest BCUT2D eigenvalue weighted by Crippen LogP contribution is -2.07. The van der Waals surface area contributed by atoms with Crippen molar-refractivity contribution in [2.45, 2.75) is 0 Å². The smallest absolute Gasteiger partial charge is 0.125 e. The summed E-state index contributed by atoms with van der Waals surface area (Å²) in [5.74, 6) is 4.65. The molecule has 0 spiro atoms. The first-order valence-electron chi connectivity index (χ1n) is 2.65. The van der Waals surface area contributed by atoms with E-state index in [4.69, 9.17) is 17.4 Å². The van der Waals surface area contributed by atoms with Crippen LogP contribution in [0, 0.1) is 5.82 Å². The summed E-state index contributed by atoms with van der Waals surface area (Å²) in [7, 11) is 0. The molecule has 0 bridgehead atoms. The third-order valence-electron chi connectivity index (χ3n) is 1.08. The molecule has 0 saturated carbocycles. The first-order chi connectivity index (χ1) is 4.74. The van der Waals surface area contributed by atoms with Crippen molar-refractivity contribution in [3.63, 3.8) is 0 Å². The van der Waals surface area contributed by atoms with Gasteiger partial charge in [-0.05, 0) is 18.2 Å². The monoisotopic (exact) mass is 196 g/mol. The van der Waals surface area contributed by atoms with E-state index in [9.17, 15) is 4.39 Å². The molecular weight excluding hydrogens is 190 g/mol. The van der Waals surface area contributed by atoms with Crippen molar-refractivity contribution in [3.8, 4) is 0 Å². The summed E-state index contributed by atoms with van der Waals surface area (Å²) in [5, 5.41) is 0.406. The summed E-state index contributed by atoms with van der Waals surface area (Å²) >= 11 is 5.59. The predicted octanol–water partition coefficient (Wildman–Crippen LogP) is 2.19. The summed E-state index contributed by atoms with van der Waals surface area (Å²) in [4.78, 5) is 0. The van der Waals surface area contributed by atoms with Crippen molar-refractivity contribution in [2.75, 3.05) is 5.43 Å². The second kappa shape index (κ2) is 4.38. The molecule has 0 unspecified atom stereocenters. The molecule has 1 rings (SSSR count). The zero-order chi connectivity index (χ0) is 7.56. The van der Waals surface area contributed by atoms with Gasteiger partial charge in [0.2, 0.25) is 0 Å². The average Bonchev–Trinajstić information content (AvgIpc) is 1.94. The van der Waals surface area contributed by atoms with Gasteiger partial charge in [-0.3, -0.25) is 5.84 Å². The molecule has 0 radical (unpaired) electrons. The second-order valence-electron chi connectivity index (χ2n) is 1.77. The average molecular weight is 197 g/mol. The van der Waals surface area contributed by atoms with E-state index in [0.717, 1.165) is 0 Å². The van der Waals surface area contributed by atoms with Crippen LogP contribution in [0.4, 0.5) is 10.1 Å². The molecule has 3 N–H and O–H groups in total. The van der Waals surface area contributed by atoms with Gasteiger partial charge in [0.25, 0.3) is 0 Å². The van der Waals surface area contributed by atoms with Gasteiger partial charge in [-0.15, -0.1) is 12.4 Å². The van der Waals surface area contributed by atoms with Gasteiger partial charge in [0, 0.05) is 0 Å². The van der Waals surface area contributed by atoms with Gasteiger partial charge in [-0.1, -0.05) is 11.6 Å². The highest BCUT2D eigenvalue weighted by atomic mass is 35.5. The lowest BCUT2D eigenvalue weighted by Gasteiger charge is -2.00. The number of halogens is 3. The highest BCUT2D eigenvalue weighted by molar-refractivity contribution is 6.33. The normalized spacial score (nSPS) is 8.64. The molecule has 0 atom stereocenters. The minimum atomic E-state index is -0.364. The Morgan fingerprint density at radius 1 is 1.45 bits per heavy atom. The number of anilines is 1. The fourth-order valence-electron chi connectivity index (χ4n) is 0.608. The Morgan fingerprint density at radius 2 is 2.09 bits per heavy atom. The summed E-state index contributed by atoms with van der Waals surface area (Å²) in [6.07, 6.45) is 0. The number of nitrogens with one attached hydrogen (secondary N) is 1. The molecule has 0 saturated heterocycles. The van der Waals surface area contributed by atoms with Crippen LogP contribution < -0.4 is 11.3 Å². The maximum Gasteiger partial charge on any atom is 0.125 e. The van der Waals surface area contributed by atoms with Gasteiger partial charge < -0.3 is 5.43 Å². The van der Waals surface area contributed by atoms with E-state index < -0.39 is 0 Å². The van der Waals surface area contributed by atoms with E-state index in [2.05, 4.69) is 5.43 Å². The molecule has 1 aromatic carbocycles. The molecule has 0 fully saturated rings. The summed E-state index contributed by atoms with van der Waals surface area (Å²) in [6, 6.07) is 3.93. The summed E-state index contributed by atoms with van der Waals surface area (Å²) < 4.78 is 12.4. The van der Waals surface area contributed by atoms with Gasteiger partial charge in [-0.2, -0.15) is 0 Å². The number of hydrazine groups is 1. The van der Waals surface area contributed by atoms with Crippen LogP contribution in [-0.2, 0) is 0 Å². The standard InChI is InChI=1S/C6H6ClFN2.ClH/c7-5-2-1-4(8)3-6(5)10-9;/h1-3,10H,9H2;1H. The summed E-state index contributed by atoms with van der Waals surface area (Å²) in [6.45, 7) is 0. The molecular formula is C6H7Cl2FN2. The van der Waals surface area contributed by atoms with Crippen LogP contribution in [0.5, 0.6) is 0 Å². The predicted molar refractivity (Wildman–Crippen MR) is 46.5 cm³/mol. The second-order valence-corrected chi connectivity index (χ2v) is 2.18. The number of nitrogen functional groups attached to an aromatic ring is 1. The van der Waals surface area contributed by atoms with E-state index >= 15 is 0 Å². The minimum Gasteiger partial charge on any atom is -0.323 e. The van der Waals surface area contributed by atoms with E-state index in [1.807, 2.05) is 0 Å². The maximum absolute atomic E-state index is 12.4. The Morgan fingerprint density at radius 3 is 2.55 bits per heavy atom. The van der Waals surface area contributed by atoms with Gasteiger partial charge in [0.1, 0.15) is 5.82 Å². The number of rotatable bonds is 1. The lowest BCUT2D eigenvalue weighted by molar-refractivity contribution is 0.628. The highest BCUT2D eigenvalue weighted by Gasteiger charge is 1.97. The number of nitrogens with two attached hydrogens (primary N) is 1. The van der Waals surface area contributed by atoms with Crippen molar-refractivity contribution in [1.82, 2.24) is 0 Å². The molecule has 62 valence electrons. The fourth-order valence-corrected chi connectivity index (χ4v) is 0.780. The van der Waals surface area contributed by atoms with Gasteiger partial charge in [-0.25, -0.2) is 4.39 Å². The van der Waals surface area contributed by atoms with E-state index in [0.29, 0.717) is 10.7 Å². The molecule has 0 aliphatic rings. The van der Waals surface area contributed by atoms with Crippen molar-refractivity contribution < 1.29 is 4.39 Å². The van der Waals surface area contributed by atoms with Crippen molar-refractivity contribution in [2.24, 2.45) is 5.84 Å². The van der Waals surface area contributed by atoms with Gasteiger partial charge in [0.05, 0.1) is 10.7 Å². The number of hydrogen-bond acceptors (Lipinski definition) is 2. The molecule has 5 heteroatoms. The van der Waals surface area contributed by atoms with Crippen LogP contribution in [0.3, 0.4) is 0 Å². The van der Waals surface area contributed by atoms with Gasteiger partial charge >= 0.3 is 0 Å². The first kappa shape index (κ1) is 10.5. The SMILES string of the molecule is Cl.NNc1cc(F)ccc1Cl. The zero-order valence-corrected chi connectivity index (χ0v) is 7.05. The van der Waals surface area contributed by atoms with Crippen LogP contribution >= 0.6 is 24.0 Å². The molecule has 2 nitrogen and oxygen atoms in total. The Balaban J connectivity index is 0.000001000. The van der Waals surface area contributed by atoms with E-state index in [1.54, 1.807) is 0 Å². The van der Waals surface area contributed by atoms with Crippen molar-refractivity contribution in [1.29, 1.82) is 0 Å². The maximum atomic E-state index is 12.4. The van der Waals surface area contributed by atoms with Crippen LogP contribution in [-0.4, -0.2) is 0 Å². The molecule has 0 aliphatic heterocycles. The Kier molecular flexibility index (Phi) is 4.18. The molecule has 0 aliphatic carbocycles. The third kappa shape index (κ3) is 2.54. The van der Waals surface area contributed by atoms with E-state index in [1.165, 1.54) is 18.2 Å². The van der Waals surface area contributed by atoms with Crippen molar-refractivity contribution >= 4 is 29.7 Å². The quantitative estimate of drug-likeness (QED) is 0.534. The van der Waals surface area contributed by atoms with Crippen LogP contribution in [0.15, 0.2) is 18.2 Å². The van der Waals surface area contributed by atoms with Crippen LogP contribution in [0.2, 0.25) is 5.02 Å². The molecule has 11 heavy (non-hydrogen) atoms. The molecule has 0 amide bonds. The van der Waals surface area contributed by atoms with Crippen molar-refractivity contribution in [3.05, 3.63) is 29.0 Å². The Labute approximate surface area is 74.9 Å². The zero-order valence-electron chi connectivity index (χ0n) is 5.47. The Bertz CT molecular complexity index is 242. The molecule has 1 aromatic rings. The van der Waals surface area contributed by atoms with Crippen LogP contribution in [0.25, 0.3) is 0 Å². The first-order valence-corrected chi connectivity index (χ1v) is 3.03. The largest absolute Gasteiger partial charge is 0.323 e. The fraction of sp³-hybridized carbons (Fsp3) is 0. The van der Waals surface area contributed by atoms with Gasteiger partial charge in [0.15, 0.2) is 0 Å². The topological polar surface area (TPSA) is 38.0 Å². The van der Waals surface area contributed by atoms with E-state index in [-0.39, 0.29) is 18.2 Å².